The van der Waals surface area contributed by atoms with Crippen molar-refractivity contribution in [3.05, 3.63) is 0 Å². The van der Waals surface area contributed by atoms with Gasteiger partial charge in [-0.1, -0.05) is 27.2 Å². The van der Waals surface area contributed by atoms with Crippen molar-refractivity contribution >= 4 is 16.0 Å². The van der Waals surface area contributed by atoms with E-state index in [1.807, 2.05) is 0 Å². The Bertz CT molecular complexity index is 163. The second kappa shape index (κ2) is 10.7. The summed E-state index contributed by atoms with van der Waals surface area (Å²) in [5.74, 6) is 1.28. The zero-order valence-electron chi connectivity index (χ0n) is 10.6. The van der Waals surface area contributed by atoms with Crippen molar-refractivity contribution in [3.8, 4) is 0 Å². The molecule has 15 heavy (non-hydrogen) atoms. The second-order valence-electron chi connectivity index (χ2n) is 3.89. The van der Waals surface area contributed by atoms with Gasteiger partial charge >= 0.3 is 0 Å². The lowest BCUT2D eigenvalue weighted by atomic mass is 10.1. The minimum absolute atomic E-state index is 0.312. The Morgan fingerprint density at radius 1 is 1.20 bits per heavy atom. The van der Waals surface area contributed by atoms with Crippen LogP contribution in [0, 0.1) is 0 Å². The molecule has 0 amide bonds. The fourth-order valence-electron chi connectivity index (χ4n) is 1.64. The van der Waals surface area contributed by atoms with Crippen LogP contribution in [-0.4, -0.2) is 23.7 Å². The lowest BCUT2D eigenvalue weighted by Crippen LogP contribution is -2.28. The summed E-state index contributed by atoms with van der Waals surface area (Å²) in [4.78, 5) is 0. The predicted octanol–water partition coefficient (Wildman–Crippen LogP) is 2.90. The summed E-state index contributed by atoms with van der Waals surface area (Å²) in [6.07, 6.45) is 6.03. The van der Waals surface area contributed by atoms with E-state index < -0.39 is 0 Å². The van der Waals surface area contributed by atoms with E-state index in [0.29, 0.717) is 16.7 Å². The van der Waals surface area contributed by atoms with Gasteiger partial charge in [-0.2, -0.15) is 0 Å². The summed E-state index contributed by atoms with van der Waals surface area (Å²) in [5, 5.41) is 2.42. The lowest BCUT2D eigenvalue weighted by Gasteiger charge is -2.20. The van der Waals surface area contributed by atoms with Crippen molar-refractivity contribution in [2.75, 3.05) is 12.3 Å². The summed E-state index contributed by atoms with van der Waals surface area (Å²) in [6.45, 7) is 7.51. The Labute approximate surface area is 98.1 Å². The Morgan fingerprint density at radius 2 is 1.93 bits per heavy atom. The van der Waals surface area contributed by atoms with Crippen LogP contribution in [0.2, 0.25) is 0 Å². The van der Waals surface area contributed by atoms with Gasteiger partial charge in [-0.25, -0.2) is 0 Å². The summed E-state index contributed by atoms with van der Waals surface area (Å²) in [7, 11) is 0.312. The van der Waals surface area contributed by atoms with Crippen molar-refractivity contribution in [1.82, 2.24) is 4.72 Å². The Morgan fingerprint density at radius 3 is 2.40 bits per heavy atom. The van der Waals surface area contributed by atoms with Crippen molar-refractivity contribution < 1.29 is 0 Å². The number of rotatable bonds is 9. The van der Waals surface area contributed by atoms with E-state index in [1.54, 1.807) is 0 Å². The van der Waals surface area contributed by atoms with Gasteiger partial charge in [-0.3, -0.25) is 4.72 Å². The SMILES string of the molecule is CC/C=[S@](\CCC)N[C@@H](CCC)CCN. The molecular weight excluding hydrogens is 204 g/mol. The minimum Gasteiger partial charge on any atom is -0.330 e. The van der Waals surface area contributed by atoms with Crippen LogP contribution in [0.4, 0.5) is 0 Å². The molecule has 0 aromatic heterocycles. The molecule has 0 bridgehead atoms. The van der Waals surface area contributed by atoms with Crippen LogP contribution < -0.4 is 10.5 Å². The molecule has 3 N–H and O–H groups in total. The number of nitrogens with one attached hydrogen (secondary N) is 1. The quantitative estimate of drug-likeness (QED) is 0.600. The normalized spacial score (nSPS) is 15.5. The first-order chi connectivity index (χ1) is 7.28. The molecule has 0 fully saturated rings. The standard InChI is InChI=1S/C12H28N2S/c1-4-7-12(8-9-13)14-15(10-5-2)11-6-3/h10,12,14H,4-9,11,13H2,1-3H3/t12-,15+/m0/s1. The summed E-state index contributed by atoms with van der Waals surface area (Å²) in [6, 6.07) is 0.623. The Kier molecular flexibility index (Phi) is 10.8. The van der Waals surface area contributed by atoms with E-state index in [2.05, 4.69) is 30.9 Å². The topological polar surface area (TPSA) is 38.0 Å². The van der Waals surface area contributed by atoms with Crippen LogP contribution in [0.15, 0.2) is 0 Å². The van der Waals surface area contributed by atoms with Gasteiger partial charge in [0.15, 0.2) is 0 Å². The number of nitrogens with two attached hydrogens (primary N) is 1. The Hall–Kier alpha value is 0.140. The number of hydrogen-bond donors (Lipinski definition) is 2. The highest BCUT2D eigenvalue weighted by Gasteiger charge is 2.06. The zero-order valence-corrected chi connectivity index (χ0v) is 11.4. The maximum absolute atomic E-state index is 5.64. The van der Waals surface area contributed by atoms with Crippen molar-refractivity contribution in [2.45, 2.75) is 58.9 Å². The van der Waals surface area contributed by atoms with Crippen molar-refractivity contribution in [2.24, 2.45) is 5.73 Å². The van der Waals surface area contributed by atoms with E-state index in [1.165, 1.54) is 25.0 Å². The van der Waals surface area contributed by atoms with E-state index >= 15 is 0 Å². The molecule has 92 valence electrons. The lowest BCUT2D eigenvalue weighted by molar-refractivity contribution is 0.537. The molecule has 0 aliphatic carbocycles. The van der Waals surface area contributed by atoms with Gasteiger partial charge in [0.1, 0.15) is 0 Å². The molecule has 0 heterocycles. The van der Waals surface area contributed by atoms with Crippen LogP contribution in [-0.2, 0) is 0 Å². The fourth-order valence-corrected chi connectivity index (χ4v) is 3.52. The minimum atomic E-state index is 0.312. The van der Waals surface area contributed by atoms with Gasteiger partial charge in [0, 0.05) is 11.8 Å². The molecule has 0 aliphatic heterocycles. The number of hydrogen-bond acceptors (Lipinski definition) is 2. The monoisotopic (exact) mass is 232 g/mol. The van der Waals surface area contributed by atoms with Crippen molar-refractivity contribution in [3.63, 3.8) is 0 Å². The third kappa shape index (κ3) is 8.00. The molecule has 0 rings (SSSR count). The maximum atomic E-state index is 5.64. The molecule has 2 atom stereocenters. The molecule has 3 heteroatoms. The molecule has 0 aromatic carbocycles. The molecule has 0 saturated heterocycles. The largest absolute Gasteiger partial charge is 0.330 e. The smallest absolute Gasteiger partial charge is 0.0179 e. The van der Waals surface area contributed by atoms with Gasteiger partial charge in [0.2, 0.25) is 0 Å². The third-order valence-electron chi connectivity index (χ3n) is 2.26. The molecule has 0 radical (unpaired) electrons. The van der Waals surface area contributed by atoms with Crippen LogP contribution in [0.25, 0.3) is 0 Å². The van der Waals surface area contributed by atoms with Crippen LogP contribution in [0.5, 0.6) is 0 Å². The first-order valence-corrected chi connectivity index (χ1v) is 7.73. The van der Waals surface area contributed by atoms with Gasteiger partial charge in [-0.15, -0.1) is 10.7 Å². The van der Waals surface area contributed by atoms with E-state index in [9.17, 15) is 0 Å². The van der Waals surface area contributed by atoms with Crippen molar-refractivity contribution in [1.29, 1.82) is 0 Å². The molecule has 0 unspecified atom stereocenters. The van der Waals surface area contributed by atoms with Crippen LogP contribution in [0.3, 0.4) is 0 Å². The molecular formula is C12H28N2S. The average molecular weight is 232 g/mol. The third-order valence-corrected chi connectivity index (χ3v) is 4.48. The highest BCUT2D eigenvalue weighted by atomic mass is 32.2. The molecule has 0 aromatic rings. The highest BCUT2D eigenvalue weighted by molar-refractivity contribution is 8.13. The van der Waals surface area contributed by atoms with E-state index in [0.717, 1.165) is 19.4 Å². The maximum Gasteiger partial charge on any atom is 0.0179 e. The van der Waals surface area contributed by atoms with Crippen LogP contribution >= 0.6 is 10.7 Å². The first-order valence-electron chi connectivity index (χ1n) is 6.27. The van der Waals surface area contributed by atoms with Gasteiger partial charge in [-0.05, 0) is 37.6 Å². The summed E-state index contributed by atoms with van der Waals surface area (Å²) < 4.78 is 3.75. The summed E-state index contributed by atoms with van der Waals surface area (Å²) >= 11 is 0. The van der Waals surface area contributed by atoms with Gasteiger partial charge in [0.25, 0.3) is 0 Å². The predicted molar refractivity (Wildman–Crippen MR) is 74.6 cm³/mol. The first kappa shape index (κ1) is 15.1. The fraction of sp³-hybridized carbons (Fsp3) is 0.917. The average Bonchev–Trinajstić information content (AvgIpc) is 2.19. The van der Waals surface area contributed by atoms with Crippen LogP contribution in [0.1, 0.15) is 52.9 Å². The second-order valence-corrected chi connectivity index (χ2v) is 5.72. The zero-order chi connectivity index (χ0) is 11.5. The van der Waals surface area contributed by atoms with Gasteiger partial charge < -0.3 is 5.73 Å². The molecule has 0 spiro atoms. The van der Waals surface area contributed by atoms with E-state index in [-0.39, 0.29) is 0 Å². The molecule has 2 nitrogen and oxygen atoms in total. The highest BCUT2D eigenvalue weighted by Crippen LogP contribution is 2.13. The molecule has 0 aliphatic rings. The summed E-state index contributed by atoms with van der Waals surface area (Å²) in [5.41, 5.74) is 5.64. The molecule has 0 saturated carbocycles. The van der Waals surface area contributed by atoms with E-state index in [4.69, 9.17) is 5.73 Å². The van der Waals surface area contributed by atoms with Gasteiger partial charge in [0.05, 0.1) is 0 Å². The Balaban J connectivity index is 4.12.